The molecule has 32 heavy (non-hydrogen) atoms. The minimum absolute atomic E-state index is 0.00343. The van der Waals surface area contributed by atoms with Gasteiger partial charge in [-0.1, -0.05) is 37.9 Å². The van der Waals surface area contributed by atoms with Gasteiger partial charge in [-0.25, -0.2) is 8.42 Å². The lowest BCUT2D eigenvalue weighted by atomic mass is 9.95. The first-order valence-corrected chi connectivity index (χ1v) is 14.3. The normalized spacial score (nSPS) is 22.1. The fraction of sp³-hybridized carbons (Fsp3) is 0.682. The van der Waals surface area contributed by atoms with Crippen LogP contribution in [-0.4, -0.2) is 63.3 Å². The summed E-state index contributed by atoms with van der Waals surface area (Å²) in [5, 5.41) is 9.53. The van der Waals surface area contributed by atoms with E-state index >= 15 is 0 Å². The van der Waals surface area contributed by atoms with Gasteiger partial charge in [-0.15, -0.1) is 10.2 Å². The molecule has 1 amide bonds. The van der Waals surface area contributed by atoms with Gasteiger partial charge in [-0.2, -0.15) is 0 Å². The van der Waals surface area contributed by atoms with E-state index in [0.717, 1.165) is 24.4 Å². The van der Waals surface area contributed by atoms with Gasteiger partial charge in [0.1, 0.15) is 0 Å². The molecule has 2 atom stereocenters. The summed E-state index contributed by atoms with van der Waals surface area (Å²) < 4.78 is 31.8. The molecule has 0 bridgehead atoms. The van der Waals surface area contributed by atoms with Crippen LogP contribution in [0.4, 0.5) is 0 Å². The zero-order valence-electron chi connectivity index (χ0n) is 18.8. The van der Waals surface area contributed by atoms with E-state index in [-0.39, 0.29) is 35.2 Å². The predicted octanol–water partition coefficient (Wildman–Crippen LogP) is 3.95. The lowest BCUT2D eigenvalue weighted by molar-refractivity contribution is -0.132. The second-order valence-electron chi connectivity index (χ2n) is 8.85. The summed E-state index contributed by atoms with van der Waals surface area (Å²) in [6.45, 7) is 4.02. The van der Waals surface area contributed by atoms with Crippen LogP contribution >= 0.6 is 11.8 Å². The van der Waals surface area contributed by atoms with Gasteiger partial charge in [0.15, 0.2) is 20.8 Å². The Morgan fingerprint density at radius 3 is 2.69 bits per heavy atom. The molecule has 2 fully saturated rings. The zero-order valence-corrected chi connectivity index (χ0v) is 20.4. The predicted molar refractivity (Wildman–Crippen MR) is 124 cm³/mol. The first kappa shape index (κ1) is 23.4. The Balaban J connectivity index is 1.53. The first-order chi connectivity index (χ1) is 15.4. The van der Waals surface area contributed by atoms with Crippen molar-refractivity contribution >= 4 is 27.5 Å². The fourth-order valence-corrected chi connectivity index (χ4v) is 7.41. The van der Waals surface area contributed by atoms with Crippen LogP contribution in [0, 0.1) is 0 Å². The first-order valence-electron chi connectivity index (χ1n) is 11.5. The van der Waals surface area contributed by atoms with E-state index in [4.69, 9.17) is 4.42 Å². The lowest BCUT2D eigenvalue weighted by Crippen LogP contribution is -2.47. The van der Waals surface area contributed by atoms with Gasteiger partial charge in [0.2, 0.25) is 11.7 Å². The third-order valence-corrected chi connectivity index (χ3v) is 9.30. The van der Waals surface area contributed by atoms with Gasteiger partial charge in [0.25, 0.3) is 0 Å². The maximum atomic E-state index is 13.3. The van der Waals surface area contributed by atoms with E-state index < -0.39 is 9.84 Å². The molecule has 1 aliphatic heterocycles. The Kier molecular flexibility index (Phi) is 7.29. The summed E-state index contributed by atoms with van der Waals surface area (Å²) in [6, 6.07) is 3.77. The van der Waals surface area contributed by atoms with Gasteiger partial charge < -0.3 is 9.32 Å². The van der Waals surface area contributed by atoms with Crippen LogP contribution in [0.3, 0.4) is 0 Å². The van der Waals surface area contributed by atoms with Crippen molar-refractivity contribution in [1.29, 1.82) is 0 Å². The maximum absolute atomic E-state index is 13.3. The number of furan rings is 1. The molecule has 2 aromatic heterocycles. The fourth-order valence-electron chi connectivity index (χ4n) is 4.82. The molecule has 0 radical (unpaired) electrons. The smallest absolute Gasteiger partial charge is 0.233 e. The van der Waals surface area contributed by atoms with Crippen LogP contribution in [0.2, 0.25) is 0 Å². The molecule has 0 aromatic carbocycles. The van der Waals surface area contributed by atoms with Gasteiger partial charge in [0.05, 0.1) is 23.5 Å². The Morgan fingerprint density at radius 2 is 2.06 bits per heavy atom. The van der Waals surface area contributed by atoms with E-state index in [0.29, 0.717) is 24.0 Å². The van der Waals surface area contributed by atoms with Crippen LogP contribution in [0.1, 0.15) is 64.8 Å². The van der Waals surface area contributed by atoms with E-state index in [1.54, 1.807) is 11.2 Å². The number of aromatic nitrogens is 3. The number of sulfone groups is 1. The van der Waals surface area contributed by atoms with Crippen molar-refractivity contribution in [3.63, 3.8) is 0 Å². The highest BCUT2D eigenvalue weighted by Crippen LogP contribution is 2.36. The summed E-state index contributed by atoms with van der Waals surface area (Å²) >= 11 is 1.39. The molecule has 4 rings (SSSR count). The molecule has 1 saturated heterocycles. The van der Waals surface area contributed by atoms with Crippen LogP contribution in [0.5, 0.6) is 0 Å². The van der Waals surface area contributed by atoms with Crippen LogP contribution in [-0.2, 0) is 14.6 Å². The highest BCUT2D eigenvalue weighted by atomic mass is 32.2. The molecule has 0 N–H and O–H groups in total. The molecule has 0 unspecified atom stereocenters. The van der Waals surface area contributed by atoms with Crippen molar-refractivity contribution in [2.24, 2.45) is 0 Å². The largest absolute Gasteiger partial charge is 0.461 e. The quantitative estimate of drug-likeness (QED) is 0.528. The third-order valence-electron chi connectivity index (χ3n) is 6.63. The van der Waals surface area contributed by atoms with Crippen LogP contribution < -0.4 is 0 Å². The number of amides is 1. The van der Waals surface area contributed by atoms with Crippen molar-refractivity contribution < 1.29 is 17.6 Å². The van der Waals surface area contributed by atoms with Gasteiger partial charge >= 0.3 is 0 Å². The highest BCUT2D eigenvalue weighted by Gasteiger charge is 2.36. The number of nitrogens with zero attached hydrogens (tertiary/aromatic N) is 4. The van der Waals surface area contributed by atoms with Crippen molar-refractivity contribution in [2.45, 2.75) is 82.1 Å². The minimum Gasteiger partial charge on any atom is -0.461 e. The molecule has 1 saturated carbocycles. The SMILES string of the molecule is CC[C@@H](C)N(C(=O)CSc1nnc(-c2ccco2)n1C1CCCCC1)[C@@H]1CCS(=O)(=O)C1. The molecule has 0 spiro atoms. The second kappa shape index (κ2) is 9.99. The monoisotopic (exact) mass is 480 g/mol. The van der Waals surface area contributed by atoms with Gasteiger partial charge in [-0.05, 0) is 44.7 Å². The molecule has 8 nitrogen and oxygen atoms in total. The zero-order chi connectivity index (χ0) is 22.7. The van der Waals surface area contributed by atoms with Crippen molar-refractivity contribution in [3.8, 4) is 11.6 Å². The van der Waals surface area contributed by atoms with Crippen molar-refractivity contribution in [2.75, 3.05) is 17.3 Å². The van der Waals surface area contributed by atoms with E-state index in [2.05, 4.69) is 14.8 Å². The number of hydrogen-bond acceptors (Lipinski definition) is 7. The average Bonchev–Trinajstić information content (AvgIpc) is 3.52. The standard InChI is InChI=1S/C22H32N4O4S2/c1-3-16(2)25(18-11-13-32(28,29)15-18)20(27)14-31-22-24-23-21(19-10-7-12-30-19)26(22)17-8-5-4-6-9-17/h7,10,12,16-18H,3-6,8-9,11,13-15H2,1-2H3/t16-,18-/m1/s1. The van der Waals surface area contributed by atoms with Crippen LogP contribution in [0.25, 0.3) is 11.6 Å². The highest BCUT2D eigenvalue weighted by molar-refractivity contribution is 7.99. The molecule has 10 heteroatoms. The summed E-state index contributed by atoms with van der Waals surface area (Å²) in [6.07, 6.45) is 8.63. The molecule has 2 aliphatic rings. The van der Waals surface area contributed by atoms with E-state index in [1.807, 2.05) is 26.0 Å². The van der Waals surface area contributed by atoms with E-state index in [1.165, 1.54) is 31.0 Å². The van der Waals surface area contributed by atoms with E-state index in [9.17, 15) is 13.2 Å². The summed E-state index contributed by atoms with van der Waals surface area (Å²) in [4.78, 5) is 15.1. The summed E-state index contributed by atoms with van der Waals surface area (Å²) in [5.41, 5.74) is 0. The molecule has 3 heterocycles. The molecular formula is C22H32N4O4S2. The maximum Gasteiger partial charge on any atom is 0.233 e. The second-order valence-corrected chi connectivity index (χ2v) is 12.0. The number of carbonyl (C=O) groups excluding carboxylic acids is 1. The lowest BCUT2D eigenvalue weighted by Gasteiger charge is -2.33. The van der Waals surface area contributed by atoms with Crippen molar-refractivity contribution in [3.05, 3.63) is 18.4 Å². The molecule has 1 aliphatic carbocycles. The summed E-state index contributed by atoms with van der Waals surface area (Å²) in [7, 11) is -3.06. The third kappa shape index (κ3) is 5.06. The number of thioether (sulfide) groups is 1. The minimum atomic E-state index is -3.06. The molecule has 176 valence electrons. The van der Waals surface area contributed by atoms with Gasteiger partial charge in [0, 0.05) is 18.1 Å². The Labute approximate surface area is 194 Å². The Hall–Kier alpha value is -1.81. The van der Waals surface area contributed by atoms with Gasteiger partial charge in [-0.3, -0.25) is 9.36 Å². The van der Waals surface area contributed by atoms with Crippen LogP contribution in [0.15, 0.2) is 28.0 Å². The Bertz CT molecular complexity index is 1010. The number of rotatable bonds is 8. The summed E-state index contributed by atoms with van der Waals surface area (Å²) in [5.74, 6) is 1.78. The number of carbonyl (C=O) groups is 1. The van der Waals surface area contributed by atoms with Crippen molar-refractivity contribution in [1.82, 2.24) is 19.7 Å². The molecule has 2 aromatic rings. The molecular weight excluding hydrogens is 448 g/mol. The average molecular weight is 481 g/mol. The Morgan fingerprint density at radius 1 is 1.28 bits per heavy atom. The topological polar surface area (TPSA) is 98.3 Å². The number of hydrogen-bond donors (Lipinski definition) is 0.